The molecule has 70 valence electrons. The average Bonchev–Trinajstić information content (AvgIpc) is 2.09. The summed E-state index contributed by atoms with van der Waals surface area (Å²) in [6.45, 7) is 0. The molecule has 12 heavy (non-hydrogen) atoms. The zero-order valence-corrected chi connectivity index (χ0v) is 8.25. The first kappa shape index (κ1) is 9.88. The Morgan fingerprint density at radius 3 is 2.67 bits per heavy atom. The molecular weight excluding hydrogens is 196 g/mol. The molecule has 1 fully saturated rings. The quantitative estimate of drug-likeness (QED) is 0.351. The van der Waals surface area contributed by atoms with Gasteiger partial charge in [-0.15, -0.1) is 0 Å². The average molecular weight is 208 g/mol. The molecule has 1 heterocycles. The van der Waals surface area contributed by atoms with Crippen molar-refractivity contribution in [3.63, 3.8) is 0 Å². The van der Waals surface area contributed by atoms with E-state index in [1.165, 1.54) is 0 Å². The molecule has 0 aromatic carbocycles. The summed E-state index contributed by atoms with van der Waals surface area (Å²) in [5.41, 5.74) is 2.26. The molecular formula is C6H12N2O2S2. The topological polar surface area (TPSA) is 64.3 Å². The van der Waals surface area contributed by atoms with Crippen LogP contribution in [-0.2, 0) is 15.5 Å². The van der Waals surface area contributed by atoms with Crippen molar-refractivity contribution in [2.24, 2.45) is 5.84 Å². The molecule has 0 aromatic rings. The lowest BCUT2D eigenvalue weighted by atomic mass is 10.2. The molecule has 0 atom stereocenters. The maximum absolute atomic E-state index is 10.9. The second-order valence-corrected chi connectivity index (χ2v) is 4.66. The third-order valence-electron chi connectivity index (χ3n) is 1.73. The highest BCUT2D eigenvalue weighted by Crippen LogP contribution is 2.12. The number of hydrogen-bond donors (Lipinski definition) is 2. The van der Waals surface area contributed by atoms with Crippen LogP contribution in [0, 0.1) is 0 Å². The van der Waals surface area contributed by atoms with Gasteiger partial charge < -0.3 is 4.74 Å². The predicted molar refractivity (Wildman–Crippen MR) is 51.9 cm³/mol. The number of rotatable bonds is 1. The number of nitrogens with two attached hydrogens (primary N) is 1. The fourth-order valence-corrected chi connectivity index (χ4v) is 2.47. The normalized spacial score (nSPS) is 29.4. The van der Waals surface area contributed by atoms with Gasteiger partial charge in [0.2, 0.25) is 0 Å². The van der Waals surface area contributed by atoms with Gasteiger partial charge in [0.1, 0.15) is 6.10 Å². The predicted octanol–water partition coefficient (Wildman–Crippen LogP) is -0.338. The fraction of sp³-hybridized carbons (Fsp3) is 0.833. The van der Waals surface area contributed by atoms with E-state index in [4.69, 9.17) is 22.8 Å². The number of nitrogens with one attached hydrogen (secondary N) is 1. The molecule has 1 aliphatic heterocycles. The fourth-order valence-electron chi connectivity index (χ4n) is 1.08. The Kier molecular flexibility index (Phi) is 3.90. The Morgan fingerprint density at radius 1 is 1.58 bits per heavy atom. The summed E-state index contributed by atoms with van der Waals surface area (Å²) >= 11 is 4.73. The van der Waals surface area contributed by atoms with Gasteiger partial charge in [-0.05, 0) is 25.1 Å². The summed E-state index contributed by atoms with van der Waals surface area (Å²) < 4.78 is 16.2. The summed E-state index contributed by atoms with van der Waals surface area (Å²) in [4.78, 5) is 0. The smallest absolute Gasteiger partial charge is 0.271 e. The van der Waals surface area contributed by atoms with Gasteiger partial charge in [0.05, 0.1) is 0 Å². The lowest BCUT2D eigenvalue weighted by Gasteiger charge is -2.22. The van der Waals surface area contributed by atoms with Crippen molar-refractivity contribution in [1.82, 2.24) is 5.43 Å². The molecule has 3 N–H and O–H groups in total. The Labute approximate surface area is 79.3 Å². The molecule has 0 aromatic heterocycles. The highest BCUT2D eigenvalue weighted by Gasteiger charge is 2.19. The summed E-state index contributed by atoms with van der Waals surface area (Å²) in [5.74, 6) is 6.45. The molecule has 0 amide bonds. The lowest BCUT2D eigenvalue weighted by molar-refractivity contribution is 0.175. The SMILES string of the molecule is NNC(=S)OC1CCS(=O)CC1. The van der Waals surface area contributed by atoms with Crippen LogP contribution in [0.3, 0.4) is 0 Å². The van der Waals surface area contributed by atoms with Gasteiger partial charge in [-0.25, -0.2) is 5.84 Å². The van der Waals surface area contributed by atoms with Crippen LogP contribution in [0.2, 0.25) is 0 Å². The van der Waals surface area contributed by atoms with Crippen LogP contribution in [0.4, 0.5) is 0 Å². The van der Waals surface area contributed by atoms with Gasteiger partial charge >= 0.3 is 0 Å². The van der Waals surface area contributed by atoms with Crippen LogP contribution < -0.4 is 11.3 Å². The van der Waals surface area contributed by atoms with Crippen molar-refractivity contribution in [2.75, 3.05) is 11.5 Å². The summed E-state index contributed by atoms with van der Waals surface area (Å²) in [6, 6.07) is 0. The Balaban J connectivity index is 2.26. The zero-order chi connectivity index (χ0) is 8.97. The van der Waals surface area contributed by atoms with E-state index in [2.05, 4.69) is 5.43 Å². The molecule has 0 bridgehead atoms. The van der Waals surface area contributed by atoms with Crippen LogP contribution in [0.25, 0.3) is 0 Å². The van der Waals surface area contributed by atoms with Gasteiger partial charge in [-0.1, -0.05) is 0 Å². The minimum Gasteiger partial charge on any atom is -0.467 e. The van der Waals surface area contributed by atoms with Gasteiger partial charge in [-0.3, -0.25) is 9.63 Å². The maximum atomic E-state index is 10.9. The van der Waals surface area contributed by atoms with Crippen molar-refractivity contribution in [3.8, 4) is 0 Å². The summed E-state index contributed by atoms with van der Waals surface area (Å²) in [7, 11) is -0.653. The first-order chi connectivity index (χ1) is 5.72. The van der Waals surface area contributed by atoms with Gasteiger partial charge in [0, 0.05) is 22.3 Å². The van der Waals surface area contributed by atoms with Crippen molar-refractivity contribution in [1.29, 1.82) is 0 Å². The minimum atomic E-state index is -0.653. The summed E-state index contributed by atoms with van der Waals surface area (Å²) in [5, 5.41) is 0.215. The highest BCUT2D eigenvalue weighted by molar-refractivity contribution is 7.85. The van der Waals surface area contributed by atoms with Crippen LogP contribution in [-0.4, -0.2) is 27.0 Å². The number of thiocarbonyl (C=S) groups is 1. The third-order valence-corrected chi connectivity index (χ3v) is 3.32. The van der Waals surface area contributed by atoms with Crippen LogP contribution in [0.15, 0.2) is 0 Å². The molecule has 0 aliphatic carbocycles. The molecule has 4 nitrogen and oxygen atoms in total. The number of hydrogen-bond acceptors (Lipinski definition) is 4. The maximum Gasteiger partial charge on any atom is 0.271 e. The van der Waals surface area contributed by atoms with E-state index in [9.17, 15) is 4.21 Å². The molecule has 6 heteroatoms. The first-order valence-corrected chi connectivity index (χ1v) is 5.64. The van der Waals surface area contributed by atoms with Crippen LogP contribution in [0.1, 0.15) is 12.8 Å². The first-order valence-electron chi connectivity index (χ1n) is 3.74. The largest absolute Gasteiger partial charge is 0.467 e. The summed E-state index contributed by atoms with van der Waals surface area (Å²) in [6.07, 6.45) is 1.69. The second kappa shape index (κ2) is 4.74. The second-order valence-electron chi connectivity index (χ2n) is 2.60. The van der Waals surface area contributed by atoms with E-state index in [0.29, 0.717) is 11.5 Å². The minimum absolute atomic E-state index is 0.0891. The van der Waals surface area contributed by atoms with Gasteiger partial charge in [-0.2, -0.15) is 0 Å². The van der Waals surface area contributed by atoms with Crippen molar-refractivity contribution < 1.29 is 8.95 Å². The molecule has 1 rings (SSSR count). The van der Waals surface area contributed by atoms with Gasteiger partial charge in [0.25, 0.3) is 5.17 Å². The molecule has 0 unspecified atom stereocenters. The molecule has 0 saturated carbocycles. The van der Waals surface area contributed by atoms with E-state index in [0.717, 1.165) is 12.8 Å². The Hall–Kier alpha value is -0.200. The van der Waals surface area contributed by atoms with Crippen molar-refractivity contribution in [3.05, 3.63) is 0 Å². The highest BCUT2D eigenvalue weighted by atomic mass is 32.2. The standard InChI is InChI=1S/C6H12N2O2S2/c7-8-6(11)10-5-1-3-12(9)4-2-5/h5H,1-4,7H2,(H,8,11). The lowest BCUT2D eigenvalue weighted by Crippen LogP contribution is -2.36. The molecule has 1 saturated heterocycles. The van der Waals surface area contributed by atoms with Crippen LogP contribution >= 0.6 is 12.2 Å². The monoisotopic (exact) mass is 208 g/mol. The van der Waals surface area contributed by atoms with E-state index in [1.54, 1.807) is 0 Å². The Morgan fingerprint density at radius 2 is 2.17 bits per heavy atom. The molecule has 1 aliphatic rings. The number of ether oxygens (including phenoxy) is 1. The number of hydrazine groups is 1. The van der Waals surface area contributed by atoms with Crippen molar-refractivity contribution in [2.45, 2.75) is 18.9 Å². The zero-order valence-electron chi connectivity index (χ0n) is 6.62. The van der Waals surface area contributed by atoms with Crippen molar-refractivity contribution >= 4 is 28.2 Å². The third kappa shape index (κ3) is 3.04. The molecule has 0 spiro atoms. The van der Waals surface area contributed by atoms with E-state index in [-0.39, 0.29) is 11.3 Å². The van der Waals surface area contributed by atoms with Crippen LogP contribution in [0.5, 0.6) is 0 Å². The molecule has 0 radical (unpaired) electrons. The van der Waals surface area contributed by atoms with E-state index in [1.807, 2.05) is 0 Å². The van der Waals surface area contributed by atoms with E-state index >= 15 is 0 Å². The van der Waals surface area contributed by atoms with E-state index < -0.39 is 10.8 Å². The Bertz CT molecular complexity index is 188. The van der Waals surface area contributed by atoms with Gasteiger partial charge in [0.15, 0.2) is 0 Å².